The summed E-state index contributed by atoms with van der Waals surface area (Å²) in [7, 11) is 0. The molecule has 0 amide bonds. The Kier molecular flexibility index (Phi) is 7.20. The first-order valence-corrected chi connectivity index (χ1v) is 8.92. The molecule has 3 nitrogen and oxygen atoms in total. The van der Waals surface area contributed by atoms with Crippen molar-refractivity contribution in [3.8, 4) is 5.75 Å². The molecule has 3 heteroatoms. The summed E-state index contributed by atoms with van der Waals surface area (Å²) in [4.78, 5) is 5.17. The van der Waals surface area contributed by atoms with Gasteiger partial charge in [0.15, 0.2) is 0 Å². The third kappa shape index (κ3) is 5.62. The number of nitrogens with zero attached hydrogens (tertiary/aromatic N) is 2. The van der Waals surface area contributed by atoms with Gasteiger partial charge in [0.05, 0.1) is 0 Å². The first-order valence-electron chi connectivity index (χ1n) is 8.92. The summed E-state index contributed by atoms with van der Waals surface area (Å²) >= 11 is 0. The molecule has 0 atom stereocenters. The fourth-order valence-corrected chi connectivity index (χ4v) is 3.25. The largest absolute Gasteiger partial charge is 0.508 e. The molecule has 1 aromatic rings. The van der Waals surface area contributed by atoms with Gasteiger partial charge >= 0.3 is 0 Å². The second kappa shape index (κ2) is 9.16. The number of hydrogen-bond acceptors (Lipinski definition) is 3. The zero-order valence-corrected chi connectivity index (χ0v) is 14.4. The minimum Gasteiger partial charge on any atom is -0.508 e. The average Bonchev–Trinajstić information content (AvgIpc) is 3.01. The molecule has 22 heavy (non-hydrogen) atoms. The van der Waals surface area contributed by atoms with Crippen LogP contribution in [0.25, 0.3) is 0 Å². The summed E-state index contributed by atoms with van der Waals surface area (Å²) in [6.07, 6.45) is 6.54. The molecule has 2 rings (SSSR count). The second-order valence-corrected chi connectivity index (χ2v) is 6.65. The molecule has 0 bridgehead atoms. The molecule has 1 N–H and O–H groups in total. The third-order valence-electron chi connectivity index (χ3n) is 4.64. The Morgan fingerprint density at radius 3 is 2.55 bits per heavy atom. The van der Waals surface area contributed by atoms with Gasteiger partial charge in [-0.2, -0.15) is 0 Å². The summed E-state index contributed by atoms with van der Waals surface area (Å²) < 4.78 is 0. The highest BCUT2D eigenvalue weighted by molar-refractivity contribution is 5.34. The van der Waals surface area contributed by atoms with Crippen LogP contribution in [0, 0.1) is 6.92 Å². The first-order chi connectivity index (χ1) is 10.7. The van der Waals surface area contributed by atoms with Crippen LogP contribution in [0.15, 0.2) is 18.2 Å². The number of benzene rings is 1. The first kappa shape index (κ1) is 17.3. The van der Waals surface area contributed by atoms with E-state index in [1.807, 2.05) is 13.0 Å². The molecule has 0 aromatic heterocycles. The van der Waals surface area contributed by atoms with Gasteiger partial charge in [-0.15, -0.1) is 0 Å². The number of aromatic hydroxyl groups is 1. The van der Waals surface area contributed by atoms with E-state index in [4.69, 9.17) is 0 Å². The summed E-state index contributed by atoms with van der Waals surface area (Å²) in [5.74, 6) is 0.401. The topological polar surface area (TPSA) is 26.7 Å². The monoisotopic (exact) mass is 304 g/mol. The number of likely N-dealkylation sites (tertiary alicyclic amines) is 1. The summed E-state index contributed by atoms with van der Waals surface area (Å²) in [6, 6.07) is 6.00. The number of aryl methyl sites for hydroxylation is 1. The van der Waals surface area contributed by atoms with Crippen molar-refractivity contribution in [2.45, 2.75) is 52.5 Å². The number of unbranched alkanes of at least 4 members (excludes halogenated alkanes) is 1. The van der Waals surface area contributed by atoms with E-state index in [2.05, 4.69) is 28.9 Å². The van der Waals surface area contributed by atoms with E-state index in [0.29, 0.717) is 5.75 Å². The predicted octanol–water partition coefficient (Wildman–Crippen LogP) is 3.79. The molecule has 1 aliphatic rings. The number of hydrogen-bond donors (Lipinski definition) is 1. The van der Waals surface area contributed by atoms with Gasteiger partial charge in [0.25, 0.3) is 0 Å². The van der Waals surface area contributed by atoms with Gasteiger partial charge in [0.1, 0.15) is 5.75 Å². The Bertz CT molecular complexity index is 441. The summed E-state index contributed by atoms with van der Waals surface area (Å²) in [6.45, 7) is 11.4. The van der Waals surface area contributed by atoms with Gasteiger partial charge in [-0.05, 0) is 82.5 Å². The van der Waals surface area contributed by atoms with E-state index in [-0.39, 0.29) is 0 Å². The summed E-state index contributed by atoms with van der Waals surface area (Å²) in [5, 5.41) is 9.66. The van der Waals surface area contributed by atoms with Gasteiger partial charge in [0.2, 0.25) is 0 Å². The van der Waals surface area contributed by atoms with Crippen molar-refractivity contribution in [2.75, 3.05) is 32.7 Å². The molecule has 1 fully saturated rings. The van der Waals surface area contributed by atoms with Crippen molar-refractivity contribution >= 4 is 0 Å². The Labute approximate surface area is 135 Å². The van der Waals surface area contributed by atoms with Crippen LogP contribution < -0.4 is 0 Å². The minimum atomic E-state index is 0.401. The molecule has 1 heterocycles. The van der Waals surface area contributed by atoms with E-state index < -0.39 is 0 Å². The molecule has 1 saturated heterocycles. The maximum Gasteiger partial charge on any atom is 0.118 e. The fraction of sp³-hybridized carbons (Fsp3) is 0.684. The Balaban J connectivity index is 1.82. The van der Waals surface area contributed by atoms with Crippen molar-refractivity contribution in [3.05, 3.63) is 29.3 Å². The van der Waals surface area contributed by atoms with Gasteiger partial charge < -0.3 is 10.0 Å². The van der Waals surface area contributed by atoms with Crippen LogP contribution >= 0.6 is 0 Å². The molecular formula is C19H32N2O. The van der Waals surface area contributed by atoms with Crippen LogP contribution in [0.4, 0.5) is 0 Å². The quantitative estimate of drug-likeness (QED) is 0.752. The van der Waals surface area contributed by atoms with Crippen molar-refractivity contribution in [1.82, 2.24) is 9.80 Å². The van der Waals surface area contributed by atoms with Gasteiger partial charge in [-0.25, -0.2) is 0 Å². The second-order valence-electron chi connectivity index (χ2n) is 6.65. The van der Waals surface area contributed by atoms with E-state index in [1.54, 1.807) is 0 Å². The normalized spacial score (nSPS) is 15.8. The third-order valence-corrected chi connectivity index (χ3v) is 4.64. The predicted molar refractivity (Wildman–Crippen MR) is 93.3 cm³/mol. The van der Waals surface area contributed by atoms with E-state index in [1.165, 1.54) is 70.4 Å². The van der Waals surface area contributed by atoms with Crippen LogP contribution in [0.1, 0.15) is 50.2 Å². The van der Waals surface area contributed by atoms with E-state index in [9.17, 15) is 5.11 Å². The highest BCUT2D eigenvalue weighted by Crippen LogP contribution is 2.18. The van der Waals surface area contributed by atoms with Crippen LogP contribution in [0.3, 0.4) is 0 Å². The molecule has 0 spiro atoms. The molecule has 0 unspecified atom stereocenters. The van der Waals surface area contributed by atoms with Gasteiger partial charge in [0, 0.05) is 6.54 Å². The Morgan fingerprint density at radius 2 is 1.86 bits per heavy atom. The Morgan fingerprint density at radius 1 is 1.14 bits per heavy atom. The maximum atomic E-state index is 9.66. The lowest BCUT2D eigenvalue weighted by Gasteiger charge is -2.24. The van der Waals surface area contributed by atoms with Crippen LogP contribution in [0.5, 0.6) is 5.75 Å². The van der Waals surface area contributed by atoms with Crippen molar-refractivity contribution in [2.24, 2.45) is 0 Å². The molecule has 0 saturated carbocycles. The molecular weight excluding hydrogens is 272 g/mol. The zero-order chi connectivity index (χ0) is 15.8. The van der Waals surface area contributed by atoms with Gasteiger partial charge in [-0.3, -0.25) is 4.90 Å². The van der Waals surface area contributed by atoms with E-state index in [0.717, 1.165) is 12.1 Å². The highest BCUT2D eigenvalue weighted by Gasteiger charge is 2.12. The fourth-order valence-electron chi connectivity index (χ4n) is 3.25. The van der Waals surface area contributed by atoms with Crippen LogP contribution in [0.2, 0.25) is 0 Å². The molecule has 1 aromatic carbocycles. The molecule has 0 aliphatic carbocycles. The van der Waals surface area contributed by atoms with Crippen molar-refractivity contribution in [3.63, 3.8) is 0 Å². The van der Waals surface area contributed by atoms with Crippen molar-refractivity contribution in [1.29, 1.82) is 0 Å². The Hall–Kier alpha value is -1.06. The number of phenolic OH excluding ortho intramolecular Hbond substituents is 1. The molecule has 124 valence electrons. The lowest BCUT2D eigenvalue weighted by atomic mass is 10.1. The van der Waals surface area contributed by atoms with Crippen molar-refractivity contribution < 1.29 is 5.11 Å². The minimum absolute atomic E-state index is 0.401. The van der Waals surface area contributed by atoms with Gasteiger partial charge in [-0.1, -0.05) is 25.5 Å². The maximum absolute atomic E-state index is 9.66. The lowest BCUT2D eigenvalue weighted by Crippen LogP contribution is -2.29. The average molecular weight is 304 g/mol. The standard InChI is InChI=1S/C19H32N2O/c1-3-4-10-21(14-7-13-20-11-5-6-12-20)16-18-8-9-19(22)17(2)15-18/h8-9,15,22H,3-7,10-14,16H2,1-2H3. The lowest BCUT2D eigenvalue weighted by molar-refractivity contribution is 0.235. The zero-order valence-electron chi connectivity index (χ0n) is 14.4. The van der Waals surface area contributed by atoms with E-state index >= 15 is 0 Å². The molecule has 0 radical (unpaired) electrons. The smallest absolute Gasteiger partial charge is 0.118 e. The number of phenols is 1. The SMILES string of the molecule is CCCCN(CCCN1CCCC1)Cc1ccc(O)c(C)c1. The van der Waals surface area contributed by atoms with Crippen LogP contribution in [-0.4, -0.2) is 47.6 Å². The molecule has 1 aliphatic heterocycles. The summed E-state index contributed by atoms with van der Waals surface area (Å²) in [5.41, 5.74) is 2.29. The van der Waals surface area contributed by atoms with Crippen LogP contribution in [-0.2, 0) is 6.54 Å². The number of rotatable bonds is 9. The highest BCUT2D eigenvalue weighted by atomic mass is 16.3.